The molecule has 1 unspecified atom stereocenters. The van der Waals surface area contributed by atoms with Gasteiger partial charge in [-0.05, 0) is 36.1 Å². The van der Waals surface area contributed by atoms with Gasteiger partial charge in [0, 0.05) is 17.2 Å². The Kier molecular flexibility index (Phi) is 2.25. The number of anilines is 2. The number of aryl methyl sites for hydroxylation is 1. The molecule has 3 N–H and O–H groups in total. The maximum absolute atomic E-state index is 5.77. The molecule has 4 nitrogen and oxygen atoms in total. The molecule has 0 radical (unpaired) electrons. The molecule has 0 amide bonds. The number of rotatable bonds is 2. The van der Waals surface area contributed by atoms with E-state index in [1.807, 2.05) is 6.07 Å². The molecular weight excluding hydrogens is 220 g/mol. The minimum absolute atomic E-state index is 0.373. The highest BCUT2D eigenvalue weighted by atomic mass is 32.1. The van der Waals surface area contributed by atoms with Crippen LogP contribution in [0.15, 0.2) is 24.4 Å². The maximum atomic E-state index is 5.77. The van der Waals surface area contributed by atoms with Crippen LogP contribution in [0.3, 0.4) is 0 Å². The van der Waals surface area contributed by atoms with Crippen molar-refractivity contribution in [2.45, 2.75) is 18.9 Å². The third-order valence-corrected chi connectivity index (χ3v) is 3.52. The zero-order valence-electron chi connectivity index (χ0n) is 8.68. The lowest BCUT2D eigenvalue weighted by molar-refractivity contribution is 0.764. The normalized spacial score (nSPS) is 18.4. The van der Waals surface area contributed by atoms with Gasteiger partial charge < -0.3 is 11.1 Å². The average Bonchev–Trinajstić information content (AvgIpc) is 2.89. The molecule has 1 aliphatic carbocycles. The van der Waals surface area contributed by atoms with E-state index in [0.29, 0.717) is 6.04 Å². The largest absolute Gasteiger partial charge is 0.399 e. The molecule has 0 saturated carbocycles. The van der Waals surface area contributed by atoms with Crippen LogP contribution in [0.1, 0.15) is 23.6 Å². The van der Waals surface area contributed by atoms with Gasteiger partial charge in [0.2, 0.25) is 0 Å². The summed E-state index contributed by atoms with van der Waals surface area (Å²) in [7, 11) is 0. The highest BCUT2D eigenvalue weighted by molar-refractivity contribution is 7.09. The number of hydrogen-bond donors (Lipinski definition) is 2. The van der Waals surface area contributed by atoms with Crippen LogP contribution in [-0.2, 0) is 6.42 Å². The van der Waals surface area contributed by atoms with E-state index in [1.54, 1.807) is 6.20 Å². The first-order valence-electron chi connectivity index (χ1n) is 5.25. The lowest BCUT2D eigenvalue weighted by Crippen LogP contribution is -2.05. The number of aromatic nitrogens is 2. The van der Waals surface area contributed by atoms with E-state index < -0.39 is 0 Å². The van der Waals surface area contributed by atoms with Crippen molar-refractivity contribution >= 4 is 22.2 Å². The number of hydrogen-bond acceptors (Lipinski definition) is 5. The molecule has 16 heavy (non-hydrogen) atoms. The third kappa shape index (κ3) is 1.63. The van der Waals surface area contributed by atoms with Crippen LogP contribution in [0.25, 0.3) is 0 Å². The number of fused-ring (bicyclic) bond motifs is 1. The minimum atomic E-state index is 0.373. The minimum Gasteiger partial charge on any atom is -0.399 e. The molecule has 1 aromatic carbocycles. The van der Waals surface area contributed by atoms with Crippen molar-refractivity contribution in [2.75, 3.05) is 11.1 Å². The standard InChI is InChI=1S/C11H12N4S/c12-8-2-3-9-7(5-8)1-4-10(9)14-11-6-13-15-16-11/h2-3,5-6,10,14H,1,4,12H2. The number of nitrogens with one attached hydrogen (secondary N) is 1. The Balaban J connectivity index is 1.86. The van der Waals surface area contributed by atoms with Gasteiger partial charge in [-0.2, -0.15) is 0 Å². The van der Waals surface area contributed by atoms with Crippen LogP contribution < -0.4 is 11.1 Å². The second kappa shape index (κ2) is 3.75. The highest BCUT2D eigenvalue weighted by Crippen LogP contribution is 2.35. The molecule has 0 aliphatic heterocycles. The van der Waals surface area contributed by atoms with E-state index in [2.05, 4.69) is 27.0 Å². The number of nitrogen functional groups attached to an aromatic ring is 1. The van der Waals surface area contributed by atoms with E-state index >= 15 is 0 Å². The Bertz CT molecular complexity index is 495. The van der Waals surface area contributed by atoms with Crippen LogP contribution in [0, 0.1) is 0 Å². The molecule has 82 valence electrons. The first-order valence-corrected chi connectivity index (χ1v) is 6.02. The predicted molar refractivity (Wildman–Crippen MR) is 65.4 cm³/mol. The average molecular weight is 232 g/mol. The van der Waals surface area contributed by atoms with E-state index in [4.69, 9.17) is 5.73 Å². The Morgan fingerprint density at radius 1 is 1.44 bits per heavy atom. The molecule has 0 spiro atoms. The first-order chi connectivity index (χ1) is 7.83. The van der Waals surface area contributed by atoms with Crippen LogP contribution >= 0.6 is 11.5 Å². The highest BCUT2D eigenvalue weighted by Gasteiger charge is 2.22. The van der Waals surface area contributed by atoms with Crippen molar-refractivity contribution in [1.29, 1.82) is 0 Å². The number of nitrogens with zero attached hydrogens (tertiary/aromatic N) is 2. The Labute approximate surface area is 97.7 Å². The van der Waals surface area contributed by atoms with Crippen molar-refractivity contribution in [2.24, 2.45) is 0 Å². The molecular formula is C11H12N4S. The SMILES string of the molecule is Nc1ccc2c(c1)CCC2Nc1cnns1. The van der Waals surface area contributed by atoms with Gasteiger partial charge in [0.1, 0.15) is 5.00 Å². The van der Waals surface area contributed by atoms with Gasteiger partial charge in [0.15, 0.2) is 0 Å². The quantitative estimate of drug-likeness (QED) is 0.779. The predicted octanol–water partition coefficient (Wildman–Crippen LogP) is 2.22. The smallest absolute Gasteiger partial charge is 0.130 e. The molecule has 0 fully saturated rings. The van der Waals surface area contributed by atoms with Gasteiger partial charge in [0.05, 0.1) is 12.2 Å². The summed E-state index contributed by atoms with van der Waals surface area (Å²) < 4.78 is 3.84. The monoisotopic (exact) mass is 232 g/mol. The van der Waals surface area contributed by atoms with Crippen molar-refractivity contribution in [3.8, 4) is 0 Å². The maximum Gasteiger partial charge on any atom is 0.130 e. The van der Waals surface area contributed by atoms with E-state index in [1.165, 1.54) is 22.7 Å². The molecule has 1 aromatic heterocycles. The molecule has 3 rings (SSSR count). The Morgan fingerprint density at radius 3 is 3.19 bits per heavy atom. The molecule has 5 heteroatoms. The van der Waals surface area contributed by atoms with Gasteiger partial charge in [-0.1, -0.05) is 10.6 Å². The first kappa shape index (κ1) is 9.59. The van der Waals surface area contributed by atoms with E-state index in [-0.39, 0.29) is 0 Å². The van der Waals surface area contributed by atoms with Crippen molar-refractivity contribution < 1.29 is 0 Å². The lowest BCUT2D eigenvalue weighted by atomic mass is 10.1. The fourth-order valence-corrected chi connectivity index (χ4v) is 2.66. The summed E-state index contributed by atoms with van der Waals surface area (Å²) in [5.41, 5.74) is 9.33. The summed E-state index contributed by atoms with van der Waals surface area (Å²) in [6, 6.07) is 6.52. The number of nitrogens with two attached hydrogens (primary N) is 1. The molecule has 2 aromatic rings. The van der Waals surface area contributed by atoms with Crippen LogP contribution in [0.5, 0.6) is 0 Å². The van der Waals surface area contributed by atoms with Gasteiger partial charge in [-0.3, -0.25) is 0 Å². The summed E-state index contributed by atoms with van der Waals surface area (Å²) in [6.07, 6.45) is 3.96. The molecule has 1 atom stereocenters. The van der Waals surface area contributed by atoms with Gasteiger partial charge in [-0.25, -0.2) is 0 Å². The van der Waals surface area contributed by atoms with Crippen LogP contribution in [0.4, 0.5) is 10.7 Å². The van der Waals surface area contributed by atoms with E-state index in [9.17, 15) is 0 Å². The molecule has 1 heterocycles. The zero-order valence-corrected chi connectivity index (χ0v) is 9.50. The van der Waals surface area contributed by atoms with E-state index in [0.717, 1.165) is 23.5 Å². The third-order valence-electron chi connectivity index (χ3n) is 2.92. The summed E-state index contributed by atoms with van der Waals surface area (Å²) >= 11 is 1.39. The van der Waals surface area contributed by atoms with Crippen molar-refractivity contribution in [3.63, 3.8) is 0 Å². The van der Waals surface area contributed by atoms with Gasteiger partial charge in [-0.15, -0.1) is 5.10 Å². The van der Waals surface area contributed by atoms with Crippen LogP contribution in [0.2, 0.25) is 0 Å². The topological polar surface area (TPSA) is 63.8 Å². The van der Waals surface area contributed by atoms with Crippen molar-refractivity contribution in [1.82, 2.24) is 9.59 Å². The second-order valence-electron chi connectivity index (χ2n) is 3.98. The lowest BCUT2D eigenvalue weighted by Gasteiger charge is -2.12. The van der Waals surface area contributed by atoms with Crippen molar-refractivity contribution in [3.05, 3.63) is 35.5 Å². The molecule has 1 aliphatic rings. The number of benzene rings is 1. The zero-order chi connectivity index (χ0) is 11.0. The van der Waals surface area contributed by atoms with Gasteiger partial charge >= 0.3 is 0 Å². The molecule has 0 bridgehead atoms. The van der Waals surface area contributed by atoms with Crippen LogP contribution in [-0.4, -0.2) is 9.59 Å². The summed E-state index contributed by atoms with van der Waals surface area (Å²) in [5, 5.41) is 8.29. The molecule has 0 saturated heterocycles. The fourth-order valence-electron chi connectivity index (χ4n) is 2.19. The Morgan fingerprint density at radius 2 is 2.38 bits per heavy atom. The van der Waals surface area contributed by atoms with Gasteiger partial charge in [0.25, 0.3) is 0 Å². The summed E-state index contributed by atoms with van der Waals surface area (Å²) in [5.74, 6) is 0. The summed E-state index contributed by atoms with van der Waals surface area (Å²) in [6.45, 7) is 0. The Hall–Kier alpha value is -1.62. The second-order valence-corrected chi connectivity index (χ2v) is 4.76. The summed E-state index contributed by atoms with van der Waals surface area (Å²) in [4.78, 5) is 0. The fraction of sp³-hybridized carbons (Fsp3) is 0.273.